The van der Waals surface area contributed by atoms with Crippen LogP contribution in [0.3, 0.4) is 0 Å². The molecule has 0 bridgehead atoms. The molecule has 0 aliphatic carbocycles. The average Bonchev–Trinajstić information content (AvgIpc) is 2.79. The Morgan fingerprint density at radius 1 is 0.969 bits per heavy atom. The van der Waals surface area contributed by atoms with Crippen LogP contribution in [0.15, 0.2) is 42.5 Å². The standard InChI is InChI=1S/C25H32N2O5/c1-4-30-23-16-19(25(29)26-20-9-11-21(12-10-20)32-18(2)3)8-13-22(23)31-17-24(28)27-14-6-5-7-15-27/h8-13,16,18H,4-7,14-15,17H2,1-3H3,(H,26,29). The van der Waals surface area contributed by atoms with Crippen molar-refractivity contribution >= 4 is 17.5 Å². The Balaban J connectivity index is 1.63. The molecule has 1 heterocycles. The van der Waals surface area contributed by atoms with Gasteiger partial charge in [-0.15, -0.1) is 0 Å². The molecule has 2 amide bonds. The van der Waals surface area contributed by atoms with Gasteiger partial charge in [0.1, 0.15) is 5.75 Å². The maximum atomic E-state index is 12.7. The van der Waals surface area contributed by atoms with Crippen molar-refractivity contribution in [2.75, 3.05) is 31.6 Å². The summed E-state index contributed by atoms with van der Waals surface area (Å²) in [6.07, 6.45) is 3.32. The first-order chi connectivity index (χ1) is 15.5. The molecule has 1 fully saturated rings. The van der Waals surface area contributed by atoms with E-state index < -0.39 is 0 Å². The first-order valence-electron chi connectivity index (χ1n) is 11.2. The van der Waals surface area contributed by atoms with Crippen molar-refractivity contribution in [2.45, 2.75) is 46.1 Å². The third kappa shape index (κ3) is 6.64. The van der Waals surface area contributed by atoms with Crippen LogP contribution in [0.1, 0.15) is 50.4 Å². The Morgan fingerprint density at radius 3 is 2.34 bits per heavy atom. The zero-order valence-electron chi connectivity index (χ0n) is 19.1. The monoisotopic (exact) mass is 440 g/mol. The number of ether oxygens (including phenoxy) is 3. The normalized spacial score (nSPS) is 13.6. The van der Waals surface area contributed by atoms with E-state index in [4.69, 9.17) is 14.2 Å². The number of likely N-dealkylation sites (tertiary alicyclic amines) is 1. The summed E-state index contributed by atoms with van der Waals surface area (Å²) in [5.41, 5.74) is 1.10. The van der Waals surface area contributed by atoms with Gasteiger partial charge >= 0.3 is 0 Å². The number of carbonyl (C=O) groups is 2. The largest absolute Gasteiger partial charge is 0.491 e. The highest BCUT2D eigenvalue weighted by Crippen LogP contribution is 2.29. The minimum atomic E-state index is -0.264. The summed E-state index contributed by atoms with van der Waals surface area (Å²) in [6, 6.07) is 12.2. The third-order valence-electron chi connectivity index (χ3n) is 5.05. The van der Waals surface area contributed by atoms with Crippen LogP contribution in [0.25, 0.3) is 0 Å². The molecule has 1 aliphatic heterocycles. The average molecular weight is 441 g/mol. The number of benzene rings is 2. The van der Waals surface area contributed by atoms with E-state index in [1.807, 2.05) is 37.8 Å². The maximum Gasteiger partial charge on any atom is 0.260 e. The molecule has 32 heavy (non-hydrogen) atoms. The lowest BCUT2D eigenvalue weighted by Crippen LogP contribution is -2.38. The minimum absolute atomic E-state index is 0.0288. The van der Waals surface area contributed by atoms with Crippen LogP contribution >= 0.6 is 0 Å². The highest BCUT2D eigenvalue weighted by Gasteiger charge is 2.18. The van der Waals surface area contributed by atoms with Gasteiger partial charge in [0.2, 0.25) is 0 Å². The van der Waals surface area contributed by atoms with Crippen molar-refractivity contribution in [3.05, 3.63) is 48.0 Å². The molecule has 0 unspecified atom stereocenters. The first kappa shape index (κ1) is 23.4. The Hall–Kier alpha value is -3.22. The lowest BCUT2D eigenvalue weighted by atomic mass is 10.1. The van der Waals surface area contributed by atoms with E-state index in [0.29, 0.717) is 29.4 Å². The van der Waals surface area contributed by atoms with Gasteiger partial charge in [-0.3, -0.25) is 9.59 Å². The molecule has 2 aromatic carbocycles. The number of piperidine rings is 1. The number of amides is 2. The van der Waals surface area contributed by atoms with E-state index >= 15 is 0 Å². The summed E-state index contributed by atoms with van der Waals surface area (Å²) in [6.45, 7) is 7.71. The van der Waals surface area contributed by atoms with Crippen LogP contribution in [0.4, 0.5) is 5.69 Å². The van der Waals surface area contributed by atoms with Crippen LogP contribution in [-0.4, -0.2) is 49.1 Å². The SMILES string of the molecule is CCOc1cc(C(=O)Nc2ccc(OC(C)C)cc2)ccc1OCC(=O)N1CCCCC1. The predicted molar refractivity (Wildman–Crippen MR) is 124 cm³/mol. The predicted octanol–water partition coefficient (Wildman–Crippen LogP) is 4.52. The minimum Gasteiger partial charge on any atom is -0.491 e. The van der Waals surface area contributed by atoms with E-state index in [-0.39, 0.29) is 24.5 Å². The second kappa shape index (κ2) is 11.4. The Morgan fingerprint density at radius 2 is 1.69 bits per heavy atom. The second-order valence-corrected chi connectivity index (χ2v) is 7.97. The van der Waals surface area contributed by atoms with E-state index in [1.54, 1.807) is 30.3 Å². The van der Waals surface area contributed by atoms with Crippen molar-refractivity contribution in [2.24, 2.45) is 0 Å². The second-order valence-electron chi connectivity index (χ2n) is 7.97. The van der Waals surface area contributed by atoms with Gasteiger partial charge in [-0.2, -0.15) is 0 Å². The molecule has 0 spiro atoms. The summed E-state index contributed by atoms with van der Waals surface area (Å²) in [4.78, 5) is 26.9. The van der Waals surface area contributed by atoms with Crippen LogP contribution in [0, 0.1) is 0 Å². The molecule has 0 saturated carbocycles. The molecule has 7 heteroatoms. The summed E-state index contributed by atoms with van der Waals surface area (Å²) in [5, 5.41) is 2.87. The van der Waals surface area contributed by atoms with Gasteiger partial charge in [0, 0.05) is 24.3 Å². The lowest BCUT2D eigenvalue weighted by Gasteiger charge is -2.26. The number of rotatable bonds is 9. The molecule has 0 aromatic heterocycles. The molecular formula is C25H32N2O5. The summed E-state index contributed by atoms with van der Waals surface area (Å²) in [7, 11) is 0. The van der Waals surface area contributed by atoms with Gasteiger partial charge in [0.25, 0.3) is 11.8 Å². The maximum absolute atomic E-state index is 12.7. The number of carbonyl (C=O) groups excluding carboxylic acids is 2. The zero-order valence-corrected chi connectivity index (χ0v) is 19.1. The highest BCUT2D eigenvalue weighted by atomic mass is 16.5. The molecule has 1 aliphatic rings. The molecule has 172 valence electrons. The third-order valence-corrected chi connectivity index (χ3v) is 5.05. The van der Waals surface area contributed by atoms with E-state index in [2.05, 4.69) is 5.32 Å². The van der Waals surface area contributed by atoms with E-state index in [9.17, 15) is 9.59 Å². The van der Waals surface area contributed by atoms with Gasteiger partial charge in [-0.25, -0.2) is 0 Å². The number of nitrogens with zero attached hydrogens (tertiary/aromatic N) is 1. The van der Waals surface area contributed by atoms with Crippen LogP contribution in [0.2, 0.25) is 0 Å². The molecule has 2 aromatic rings. The molecule has 1 saturated heterocycles. The number of nitrogens with one attached hydrogen (secondary N) is 1. The van der Waals surface area contributed by atoms with Crippen molar-refractivity contribution in [1.29, 1.82) is 0 Å². The quantitative estimate of drug-likeness (QED) is 0.621. The summed E-state index contributed by atoms with van der Waals surface area (Å²) in [5.74, 6) is 1.34. The van der Waals surface area contributed by atoms with Crippen LogP contribution in [-0.2, 0) is 4.79 Å². The summed E-state index contributed by atoms with van der Waals surface area (Å²) >= 11 is 0. The first-order valence-corrected chi connectivity index (χ1v) is 11.2. The Labute approximate surface area is 189 Å². The highest BCUT2D eigenvalue weighted by molar-refractivity contribution is 6.04. The molecule has 3 rings (SSSR count). The summed E-state index contributed by atoms with van der Waals surface area (Å²) < 4.78 is 17.0. The van der Waals surface area contributed by atoms with Crippen LogP contribution < -0.4 is 19.5 Å². The smallest absolute Gasteiger partial charge is 0.260 e. The Bertz CT molecular complexity index is 905. The van der Waals surface area contributed by atoms with E-state index in [0.717, 1.165) is 31.7 Å². The number of hydrogen-bond donors (Lipinski definition) is 1. The van der Waals surface area contributed by atoms with Crippen molar-refractivity contribution in [3.8, 4) is 17.2 Å². The van der Waals surface area contributed by atoms with Gasteiger partial charge in [0.15, 0.2) is 18.1 Å². The van der Waals surface area contributed by atoms with Crippen molar-refractivity contribution in [1.82, 2.24) is 4.90 Å². The van der Waals surface area contributed by atoms with Gasteiger partial charge < -0.3 is 24.4 Å². The molecule has 1 N–H and O–H groups in total. The van der Waals surface area contributed by atoms with E-state index in [1.165, 1.54) is 6.42 Å². The van der Waals surface area contributed by atoms with Crippen LogP contribution in [0.5, 0.6) is 17.2 Å². The number of hydrogen-bond acceptors (Lipinski definition) is 5. The molecule has 7 nitrogen and oxygen atoms in total. The fourth-order valence-electron chi connectivity index (χ4n) is 3.50. The molecule has 0 atom stereocenters. The topological polar surface area (TPSA) is 77.1 Å². The zero-order chi connectivity index (χ0) is 22.9. The van der Waals surface area contributed by atoms with Crippen molar-refractivity contribution in [3.63, 3.8) is 0 Å². The fourth-order valence-corrected chi connectivity index (χ4v) is 3.50. The number of anilines is 1. The Kier molecular flexibility index (Phi) is 8.36. The fraction of sp³-hybridized carbons (Fsp3) is 0.440. The molecule has 0 radical (unpaired) electrons. The van der Waals surface area contributed by atoms with Gasteiger partial charge in [-0.1, -0.05) is 0 Å². The lowest BCUT2D eigenvalue weighted by molar-refractivity contribution is -0.134. The van der Waals surface area contributed by atoms with Crippen molar-refractivity contribution < 1.29 is 23.8 Å². The van der Waals surface area contributed by atoms with Gasteiger partial charge in [-0.05, 0) is 82.5 Å². The van der Waals surface area contributed by atoms with Gasteiger partial charge in [0.05, 0.1) is 12.7 Å². The molecular weight excluding hydrogens is 408 g/mol.